The quantitative estimate of drug-likeness (QED) is 0.134. The van der Waals surface area contributed by atoms with E-state index in [1.165, 1.54) is 0 Å². The fourth-order valence-corrected chi connectivity index (χ4v) is 5.40. The summed E-state index contributed by atoms with van der Waals surface area (Å²) in [7, 11) is 1.70. The normalized spacial score (nSPS) is 32.5. The molecule has 12 N–H and O–H groups in total. The van der Waals surface area contributed by atoms with E-state index in [1.54, 1.807) is 21.0 Å². The van der Waals surface area contributed by atoms with Crippen LogP contribution in [0.5, 0.6) is 0 Å². The second-order valence-electron chi connectivity index (χ2n) is 12.1. The van der Waals surface area contributed by atoms with Crippen molar-refractivity contribution in [2.45, 2.75) is 195 Å². The van der Waals surface area contributed by atoms with Gasteiger partial charge < -0.3 is 80.6 Å². The van der Waals surface area contributed by atoms with Crippen LogP contribution in [-0.4, -0.2) is 188 Å². The standard InChI is InChI=1S/C16H29NO9.C9H17NO6.C4H10O.5C2H6/c1-7-13(17-12(22)6-20)16(15(24)11(5-19)25-7)26-10-3-8(4-18)2-9(21)14(10)23;1-4-7(10-6(13)3-12)9(15)8(14)5(2-11)16-4;1-4(2)5-3;5*1-2/h7-11,13-16,18-21,23-24H,2-6H2,1H3,(H,17,22);4-5,7-9,11-12,14-15H,2-3H2,1H3,(H,10,13);4H,1-3H3;5*1-2H3. The van der Waals surface area contributed by atoms with Crippen molar-refractivity contribution in [2.24, 2.45) is 5.92 Å². The van der Waals surface area contributed by atoms with Crippen LogP contribution in [0, 0.1) is 5.92 Å². The van der Waals surface area contributed by atoms with E-state index in [4.69, 9.17) is 34.3 Å². The molecule has 2 heterocycles. The average molecular weight is 839 g/mol. The van der Waals surface area contributed by atoms with Gasteiger partial charge >= 0.3 is 0 Å². The number of hydrogen-bond donors (Lipinski definition) is 12. The van der Waals surface area contributed by atoms with E-state index in [0.29, 0.717) is 6.10 Å². The Kier molecular flexibility index (Phi) is 45.1. The minimum absolute atomic E-state index is 0.180. The maximum Gasteiger partial charge on any atom is 0.246 e. The second kappa shape index (κ2) is 39.8. The molecule has 3 rings (SSSR count). The first kappa shape index (κ1) is 64.5. The van der Waals surface area contributed by atoms with Gasteiger partial charge in [0, 0.05) is 13.7 Å². The van der Waals surface area contributed by atoms with Crippen LogP contribution in [-0.2, 0) is 28.5 Å². The van der Waals surface area contributed by atoms with Crippen LogP contribution in [0.3, 0.4) is 0 Å². The molecule has 2 saturated heterocycles. The lowest BCUT2D eigenvalue weighted by Gasteiger charge is -2.46. The molecule has 0 radical (unpaired) electrons. The van der Waals surface area contributed by atoms with Gasteiger partial charge in [-0.05, 0) is 46.5 Å². The van der Waals surface area contributed by atoms with Gasteiger partial charge in [0.05, 0.1) is 55.8 Å². The number of nitrogens with one attached hydrogen (secondary N) is 2. The number of ether oxygens (including phenoxy) is 4. The summed E-state index contributed by atoms with van der Waals surface area (Å²) in [5.41, 5.74) is 0. The minimum Gasteiger partial charge on any atom is -0.396 e. The summed E-state index contributed by atoms with van der Waals surface area (Å²) in [6.07, 6.45) is -10.2. The van der Waals surface area contributed by atoms with Crippen LogP contribution in [0.4, 0.5) is 0 Å². The average Bonchev–Trinajstić information content (AvgIpc) is 3.25. The lowest BCUT2D eigenvalue weighted by molar-refractivity contribution is -0.236. The number of rotatable bonds is 10. The number of aliphatic hydroxyl groups is 10. The third kappa shape index (κ3) is 24.3. The zero-order valence-electron chi connectivity index (χ0n) is 37.5. The highest BCUT2D eigenvalue weighted by atomic mass is 16.6. The summed E-state index contributed by atoms with van der Waals surface area (Å²) in [4.78, 5) is 22.6. The van der Waals surface area contributed by atoms with Gasteiger partial charge in [0.25, 0.3) is 0 Å². The van der Waals surface area contributed by atoms with Crippen molar-refractivity contribution in [1.29, 1.82) is 0 Å². The third-order valence-electron chi connectivity index (χ3n) is 8.24. The van der Waals surface area contributed by atoms with Crippen LogP contribution in [0.2, 0.25) is 0 Å². The van der Waals surface area contributed by atoms with Crippen LogP contribution in [0.25, 0.3) is 0 Å². The molecule has 0 aromatic rings. The molecule has 18 heteroatoms. The maximum atomic E-state index is 11.6. The van der Waals surface area contributed by atoms with Crippen molar-refractivity contribution in [3.63, 3.8) is 0 Å². The Morgan fingerprint density at radius 2 is 1.00 bits per heavy atom. The molecule has 348 valence electrons. The highest BCUT2D eigenvalue weighted by molar-refractivity contribution is 5.77. The summed E-state index contributed by atoms with van der Waals surface area (Å²) >= 11 is 0. The van der Waals surface area contributed by atoms with Crippen molar-refractivity contribution in [3.05, 3.63) is 0 Å². The van der Waals surface area contributed by atoms with Gasteiger partial charge in [-0.15, -0.1) is 0 Å². The second-order valence-corrected chi connectivity index (χ2v) is 12.1. The Balaban J connectivity index is -0.000000248. The van der Waals surface area contributed by atoms with E-state index < -0.39 is 117 Å². The number of carbonyl (C=O) groups is 2. The fourth-order valence-electron chi connectivity index (χ4n) is 5.40. The molecule has 2 amide bonds. The number of amides is 2. The summed E-state index contributed by atoms with van der Waals surface area (Å²) in [5.74, 6) is -1.62. The van der Waals surface area contributed by atoms with Crippen LogP contribution in [0.15, 0.2) is 0 Å². The molecule has 0 spiro atoms. The van der Waals surface area contributed by atoms with Gasteiger partial charge in [-0.1, -0.05) is 69.2 Å². The van der Waals surface area contributed by atoms with Gasteiger partial charge in [0.2, 0.25) is 11.8 Å². The van der Waals surface area contributed by atoms with E-state index in [-0.39, 0.29) is 25.4 Å². The number of hydrogen-bond acceptors (Lipinski definition) is 16. The Morgan fingerprint density at radius 3 is 1.37 bits per heavy atom. The molecule has 14 unspecified atom stereocenters. The molecular weight excluding hydrogens is 752 g/mol. The fraction of sp³-hybridized carbons (Fsp3) is 0.949. The molecule has 2 aliphatic heterocycles. The molecule has 0 bridgehead atoms. The smallest absolute Gasteiger partial charge is 0.246 e. The van der Waals surface area contributed by atoms with Crippen molar-refractivity contribution in [1.82, 2.24) is 10.6 Å². The highest BCUT2D eigenvalue weighted by Gasteiger charge is 2.48. The molecule has 57 heavy (non-hydrogen) atoms. The van der Waals surface area contributed by atoms with Crippen molar-refractivity contribution < 1.29 is 79.6 Å². The van der Waals surface area contributed by atoms with E-state index in [2.05, 4.69) is 10.6 Å². The summed E-state index contributed by atoms with van der Waals surface area (Å²) in [5, 5.41) is 100.0. The Labute approximate surface area is 342 Å². The summed E-state index contributed by atoms with van der Waals surface area (Å²) < 4.78 is 21.3. The lowest BCUT2D eigenvalue weighted by Crippen LogP contribution is -2.66. The predicted molar refractivity (Wildman–Crippen MR) is 218 cm³/mol. The van der Waals surface area contributed by atoms with Gasteiger partial charge in [-0.25, -0.2) is 0 Å². The molecular formula is C39H86N2O16. The maximum absolute atomic E-state index is 11.6. The molecule has 3 aliphatic rings. The molecule has 14 atom stereocenters. The summed E-state index contributed by atoms with van der Waals surface area (Å²) in [6, 6.07) is -1.65. The number of methoxy groups -OCH3 is 1. The third-order valence-corrected chi connectivity index (χ3v) is 8.24. The predicted octanol–water partition coefficient (Wildman–Crippen LogP) is -0.381. The Hall–Kier alpha value is -1.62. The molecule has 1 saturated carbocycles. The van der Waals surface area contributed by atoms with E-state index in [9.17, 15) is 45.3 Å². The first-order valence-electron chi connectivity index (χ1n) is 20.6. The topological polar surface area (TPSA) is 297 Å². The van der Waals surface area contributed by atoms with Crippen molar-refractivity contribution in [3.8, 4) is 0 Å². The van der Waals surface area contributed by atoms with Gasteiger partial charge in [0.15, 0.2) is 0 Å². The van der Waals surface area contributed by atoms with Crippen molar-refractivity contribution >= 4 is 11.8 Å². The van der Waals surface area contributed by atoms with Crippen LogP contribution >= 0.6 is 0 Å². The zero-order chi connectivity index (χ0) is 46.0. The first-order valence-corrected chi connectivity index (χ1v) is 20.6. The Morgan fingerprint density at radius 1 is 0.614 bits per heavy atom. The zero-order valence-corrected chi connectivity index (χ0v) is 37.5. The van der Waals surface area contributed by atoms with Crippen LogP contribution in [0.1, 0.15) is 110 Å². The molecule has 0 aromatic heterocycles. The number of carbonyl (C=O) groups excluding carboxylic acids is 2. The van der Waals surface area contributed by atoms with E-state index >= 15 is 0 Å². The largest absolute Gasteiger partial charge is 0.396 e. The molecule has 18 nitrogen and oxygen atoms in total. The van der Waals surface area contributed by atoms with Gasteiger partial charge in [-0.3, -0.25) is 9.59 Å². The first-order chi connectivity index (χ1) is 27.1. The SMILES string of the molecule is CC.CC.CC.CC.CC.CC1OC(CO)C(O)C(O)C1NC(=O)CO.CC1OC(CO)C(O)C(OC2CC(CO)CC(O)C2O)C1NC(=O)CO.COC(C)C. The molecule has 1 aliphatic carbocycles. The highest BCUT2D eigenvalue weighted by Crippen LogP contribution is 2.31. The van der Waals surface area contributed by atoms with Crippen molar-refractivity contribution in [2.75, 3.05) is 40.1 Å². The number of aliphatic hydroxyl groups excluding tert-OH is 10. The monoisotopic (exact) mass is 839 g/mol. The van der Waals surface area contributed by atoms with Crippen LogP contribution < -0.4 is 10.6 Å². The molecule has 3 fully saturated rings. The van der Waals surface area contributed by atoms with Gasteiger partial charge in [-0.2, -0.15) is 0 Å². The van der Waals surface area contributed by atoms with E-state index in [1.807, 2.05) is 83.1 Å². The summed E-state index contributed by atoms with van der Waals surface area (Å²) in [6.45, 7) is 24.7. The minimum atomic E-state index is -1.31. The van der Waals surface area contributed by atoms with Gasteiger partial charge in [0.1, 0.15) is 55.9 Å². The lowest BCUT2D eigenvalue weighted by atomic mass is 9.83. The molecule has 0 aromatic carbocycles. The Bertz CT molecular complexity index is 908. The van der Waals surface area contributed by atoms with E-state index in [0.717, 1.165) is 0 Å².